The van der Waals surface area contributed by atoms with Crippen LogP contribution in [0.25, 0.3) is 0 Å². The van der Waals surface area contributed by atoms with Crippen LogP contribution in [0.15, 0.2) is 16.6 Å². The van der Waals surface area contributed by atoms with Crippen molar-refractivity contribution in [3.8, 4) is 5.75 Å². The minimum absolute atomic E-state index is 0.707. The number of aryl methyl sites for hydroxylation is 1. The van der Waals surface area contributed by atoms with Crippen molar-refractivity contribution in [2.24, 2.45) is 0 Å². The Bertz CT molecular complexity index is 366. The Labute approximate surface area is 111 Å². The van der Waals surface area contributed by atoms with Gasteiger partial charge < -0.3 is 10.5 Å². The molecule has 17 heavy (non-hydrogen) atoms. The third kappa shape index (κ3) is 3.36. The van der Waals surface area contributed by atoms with Crippen LogP contribution in [0.5, 0.6) is 5.75 Å². The molecule has 1 fully saturated rings. The van der Waals surface area contributed by atoms with E-state index in [2.05, 4.69) is 20.8 Å². The summed E-state index contributed by atoms with van der Waals surface area (Å²) in [6.45, 7) is 6.14. The number of nitrogens with zero attached hydrogens (tertiary/aromatic N) is 1. The van der Waals surface area contributed by atoms with Gasteiger partial charge in [0.25, 0.3) is 0 Å². The van der Waals surface area contributed by atoms with E-state index in [0.29, 0.717) is 12.3 Å². The summed E-state index contributed by atoms with van der Waals surface area (Å²) >= 11 is 3.43. The number of nitrogen functional groups attached to an aromatic ring is 1. The van der Waals surface area contributed by atoms with Gasteiger partial charge >= 0.3 is 0 Å². The van der Waals surface area contributed by atoms with Crippen LogP contribution in [0.3, 0.4) is 0 Å². The molecule has 2 N–H and O–H groups in total. The molecule has 1 saturated heterocycles. The molecule has 4 heteroatoms. The highest BCUT2D eigenvalue weighted by atomic mass is 79.9. The maximum atomic E-state index is 5.95. The Hall–Kier alpha value is -0.740. The largest absolute Gasteiger partial charge is 0.490 e. The molecule has 0 atom stereocenters. The van der Waals surface area contributed by atoms with Crippen LogP contribution in [0.1, 0.15) is 18.4 Å². The highest BCUT2D eigenvalue weighted by Crippen LogP contribution is 2.29. The maximum Gasteiger partial charge on any atom is 0.145 e. The Morgan fingerprint density at radius 3 is 2.71 bits per heavy atom. The summed E-state index contributed by atoms with van der Waals surface area (Å²) in [4.78, 5) is 2.43. The maximum absolute atomic E-state index is 5.95. The van der Waals surface area contributed by atoms with E-state index in [0.717, 1.165) is 22.3 Å². The Balaban J connectivity index is 1.89. The molecular formula is C13H19BrN2O. The normalized spacial score (nSPS) is 16.4. The summed E-state index contributed by atoms with van der Waals surface area (Å²) < 4.78 is 6.80. The summed E-state index contributed by atoms with van der Waals surface area (Å²) in [5.41, 5.74) is 7.74. The molecule has 94 valence electrons. The molecule has 1 heterocycles. The van der Waals surface area contributed by atoms with Crippen molar-refractivity contribution in [2.45, 2.75) is 19.8 Å². The first-order valence-corrected chi connectivity index (χ1v) is 6.87. The first-order chi connectivity index (χ1) is 8.16. The van der Waals surface area contributed by atoms with Gasteiger partial charge in [-0.2, -0.15) is 0 Å². The number of hydrogen-bond donors (Lipinski definition) is 1. The third-order valence-electron chi connectivity index (χ3n) is 3.12. The summed E-state index contributed by atoms with van der Waals surface area (Å²) in [5.74, 6) is 0.826. The number of likely N-dealkylation sites (tertiary alicyclic amines) is 1. The van der Waals surface area contributed by atoms with Crippen molar-refractivity contribution in [3.63, 3.8) is 0 Å². The number of hydrogen-bond acceptors (Lipinski definition) is 3. The van der Waals surface area contributed by atoms with Gasteiger partial charge in [-0.25, -0.2) is 0 Å². The van der Waals surface area contributed by atoms with E-state index in [1.807, 2.05) is 19.1 Å². The molecule has 0 aliphatic carbocycles. The predicted octanol–water partition coefficient (Wildman–Crippen LogP) is 2.81. The van der Waals surface area contributed by atoms with E-state index in [-0.39, 0.29) is 0 Å². The molecule has 0 spiro atoms. The number of anilines is 1. The smallest absolute Gasteiger partial charge is 0.145 e. The molecule has 0 saturated carbocycles. The summed E-state index contributed by atoms with van der Waals surface area (Å²) in [6, 6.07) is 3.92. The predicted molar refractivity (Wildman–Crippen MR) is 74.5 cm³/mol. The first kappa shape index (κ1) is 12.7. The van der Waals surface area contributed by atoms with Crippen molar-refractivity contribution >= 4 is 21.6 Å². The Morgan fingerprint density at radius 2 is 2.06 bits per heavy atom. The number of rotatable bonds is 4. The average Bonchev–Trinajstić information content (AvgIpc) is 2.74. The molecule has 0 radical (unpaired) electrons. The lowest BCUT2D eigenvalue weighted by atomic mass is 10.2. The van der Waals surface area contributed by atoms with Gasteiger partial charge in [0, 0.05) is 11.0 Å². The molecule has 1 aromatic rings. The SMILES string of the molecule is Cc1cc(Br)cc(N)c1OCCN1CCCC1. The van der Waals surface area contributed by atoms with Crippen molar-refractivity contribution in [2.75, 3.05) is 32.0 Å². The van der Waals surface area contributed by atoms with Gasteiger partial charge in [0.15, 0.2) is 0 Å². The zero-order chi connectivity index (χ0) is 12.3. The minimum Gasteiger partial charge on any atom is -0.490 e. The number of halogens is 1. The van der Waals surface area contributed by atoms with Crippen LogP contribution in [0.2, 0.25) is 0 Å². The number of ether oxygens (including phenoxy) is 1. The second-order valence-corrected chi connectivity index (χ2v) is 5.45. The highest BCUT2D eigenvalue weighted by Gasteiger charge is 2.12. The molecule has 1 aromatic carbocycles. The first-order valence-electron chi connectivity index (χ1n) is 6.07. The van der Waals surface area contributed by atoms with E-state index in [4.69, 9.17) is 10.5 Å². The zero-order valence-corrected chi connectivity index (χ0v) is 11.8. The molecule has 0 aromatic heterocycles. The van der Waals surface area contributed by atoms with Crippen molar-refractivity contribution in [1.29, 1.82) is 0 Å². The fraction of sp³-hybridized carbons (Fsp3) is 0.538. The summed E-state index contributed by atoms with van der Waals surface area (Å²) in [5, 5.41) is 0. The van der Waals surface area contributed by atoms with Crippen molar-refractivity contribution < 1.29 is 4.74 Å². The molecule has 3 nitrogen and oxygen atoms in total. The van der Waals surface area contributed by atoms with Crippen LogP contribution < -0.4 is 10.5 Å². The molecule has 0 bridgehead atoms. The van der Waals surface area contributed by atoms with E-state index in [9.17, 15) is 0 Å². The average molecular weight is 299 g/mol. The summed E-state index contributed by atoms with van der Waals surface area (Å²) in [7, 11) is 0. The number of benzene rings is 1. The zero-order valence-electron chi connectivity index (χ0n) is 10.2. The molecule has 1 aliphatic heterocycles. The van der Waals surface area contributed by atoms with E-state index in [1.165, 1.54) is 25.9 Å². The van der Waals surface area contributed by atoms with Gasteiger partial charge in [-0.15, -0.1) is 0 Å². The standard InChI is InChI=1S/C13H19BrN2O/c1-10-8-11(14)9-12(15)13(10)17-7-6-16-4-2-3-5-16/h8-9H,2-7,15H2,1H3. The van der Waals surface area contributed by atoms with Crippen molar-refractivity contribution in [1.82, 2.24) is 4.90 Å². The molecule has 1 aliphatic rings. The fourth-order valence-corrected chi connectivity index (χ4v) is 2.83. The van der Waals surface area contributed by atoms with Crippen LogP contribution in [-0.2, 0) is 0 Å². The van der Waals surface area contributed by atoms with E-state index < -0.39 is 0 Å². The fourth-order valence-electron chi connectivity index (χ4n) is 2.24. The van der Waals surface area contributed by atoms with Crippen LogP contribution in [-0.4, -0.2) is 31.1 Å². The molecule has 0 amide bonds. The van der Waals surface area contributed by atoms with Gasteiger partial charge in [0.05, 0.1) is 5.69 Å². The van der Waals surface area contributed by atoms with Crippen LogP contribution in [0.4, 0.5) is 5.69 Å². The molecule has 2 rings (SSSR count). The minimum atomic E-state index is 0.707. The summed E-state index contributed by atoms with van der Waals surface area (Å²) in [6.07, 6.45) is 2.64. The Morgan fingerprint density at radius 1 is 1.35 bits per heavy atom. The van der Waals surface area contributed by atoms with E-state index in [1.54, 1.807) is 0 Å². The van der Waals surface area contributed by atoms with Gasteiger partial charge in [-0.1, -0.05) is 15.9 Å². The molecular weight excluding hydrogens is 280 g/mol. The second kappa shape index (κ2) is 5.74. The topological polar surface area (TPSA) is 38.5 Å². The highest BCUT2D eigenvalue weighted by molar-refractivity contribution is 9.10. The lowest BCUT2D eigenvalue weighted by Gasteiger charge is -2.17. The monoisotopic (exact) mass is 298 g/mol. The van der Waals surface area contributed by atoms with Gasteiger partial charge in [0.1, 0.15) is 12.4 Å². The lowest BCUT2D eigenvalue weighted by molar-refractivity contribution is 0.237. The van der Waals surface area contributed by atoms with Gasteiger partial charge in [-0.05, 0) is 50.6 Å². The quantitative estimate of drug-likeness (QED) is 0.869. The van der Waals surface area contributed by atoms with Crippen LogP contribution >= 0.6 is 15.9 Å². The molecule has 0 unspecified atom stereocenters. The Kier molecular flexibility index (Phi) is 4.29. The number of nitrogens with two attached hydrogens (primary N) is 1. The third-order valence-corrected chi connectivity index (χ3v) is 3.58. The van der Waals surface area contributed by atoms with Gasteiger partial charge in [-0.3, -0.25) is 4.90 Å². The van der Waals surface area contributed by atoms with Crippen LogP contribution in [0, 0.1) is 6.92 Å². The second-order valence-electron chi connectivity index (χ2n) is 4.54. The van der Waals surface area contributed by atoms with Gasteiger partial charge in [0.2, 0.25) is 0 Å². The lowest BCUT2D eigenvalue weighted by Crippen LogP contribution is -2.25. The van der Waals surface area contributed by atoms with E-state index >= 15 is 0 Å². The van der Waals surface area contributed by atoms with Crippen molar-refractivity contribution in [3.05, 3.63) is 22.2 Å².